The van der Waals surface area contributed by atoms with Crippen LogP contribution in [0.1, 0.15) is 49.7 Å². The van der Waals surface area contributed by atoms with Gasteiger partial charge in [0.05, 0.1) is 5.56 Å². The summed E-state index contributed by atoms with van der Waals surface area (Å²) < 4.78 is 147. The monoisotopic (exact) mass is 642 g/mol. The van der Waals surface area contributed by atoms with Gasteiger partial charge in [-0.2, -0.15) is 50.1 Å². The first-order valence-corrected chi connectivity index (χ1v) is 15.1. The zero-order valence-electron chi connectivity index (χ0n) is 22.2. The molecule has 3 saturated heterocycles. The van der Waals surface area contributed by atoms with Crippen molar-refractivity contribution in [3.63, 3.8) is 0 Å². The standard InChI is InChI=1S/C25H31F9N2O5S/c26-23(27,28)17-12-16(13-19(14-17)40-18-2-10-42(38,39)11-3-18)15-36-7-1-4-22(36)5-8-35(9-6-22)21(37)41-20(24(29,30)31)25(32,33)34/h12-14,18,20,38-39H,1-11,15H2. The van der Waals surface area contributed by atoms with Crippen molar-refractivity contribution in [3.05, 3.63) is 29.3 Å². The quantitative estimate of drug-likeness (QED) is 0.335. The van der Waals surface area contributed by atoms with Crippen LogP contribution < -0.4 is 4.74 Å². The lowest BCUT2D eigenvalue weighted by atomic mass is 9.85. The number of hydrogen-bond donors (Lipinski definition) is 2. The highest BCUT2D eigenvalue weighted by Crippen LogP contribution is 2.45. The molecule has 3 aliphatic rings. The highest BCUT2D eigenvalue weighted by atomic mass is 32.3. The van der Waals surface area contributed by atoms with E-state index in [1.165, 1.54) is 6.07 Å². The number of alkyl halides is 9. The summed E-state index contributed by atoms with van der Waals surface area (Å²) in [6.45, 7) is 0.187. The number of ether oxygens (including phenoxy) is 2. The molecule has 0 aliphatic carbocycles. The van der Waals surface area contributed by atoms with Crippen molar-refractivity contribution in [1.82, 2.24) is 9.80 Å². The second kappa shape index (κ2) is 11.8. The van der Waals surface area contributed by atoms with Gasteiger partial charge in [0.1, 0.15) is 11.9 Å². The summed E-state index contributed by atoms with van der Waals surface area (Å²) in [5, 5.41) is 0. The molecule has 3 heterocycles. The highest BCUT2D eigenvalue weighted by Gasteiger charge is 2.60. The Kier molecular flexibility index (Phi) is 9.19. The van der Waals surface area contributed by atoms with Crippen molar-refractivity contribution in [1.29, 1.82) is 0 Å². The summed E-state index contributed by atoms with van der Waals surface area (Å²) in [5.41, 5.74) is -1.25. The minimum Gasteiger partial charge on any atom is -0.490 e. The molecule has 17 heteroatoms. The molecular weight excluding hydrogens is 611 g/mol. The fourth-order valence-electron chi connectivity index (χ4n) is 5.81. The Morgan fingerprint density at radius 3 is 2.07 bits per heavy atom. The summed E-state index contributed by atoms with van der Waals surface area (Å²) in [5.74, 6) is 0.173. The number of nitrogens with zero attached hydrogens (tertiary/aromatic N) is 2. The van der Waals surface area contributed by atoms with E-state index in [1.54, 1.807) is 0 Å². The van der Waals surface area contributed by atoms with E-state index in [-0.39, 0.29) is 62.6 Å². The van der Waals surface area contributed by atoms with Crippen molar-refractivity contribution >= 4 is 16.7 Å². The lowest BCUT2D eigenvalue weighted by Gasteiger charge is -2.45. The zero-order valence-corrected chi connectivity index (χ0v) is 23.0. The van der Waals surface area contributed by atoms with E-state index in [9.17, 15) is 53.4 Å². The third kappa shape index (κ3) is 7.88. The predicted molar refractivity (Wildman–Crippen MR) is 133 cm³/mol. The molecule has 0 aromatic heterocycles. The van der Waals surface area contributed by atoms with Gasteiger partial charge in [-0.05, 0) is 56.0 Å². The maximum absolute atomic E-state index is 13.7. The van der Waals surface area contributed by atoms with Crippen LogP contribution in [0.4, 0.5) is 44.3 Å². The molecule has 0 saturated carbocycles. The first-order valence-electron chi connectivity index (χ1n) is 13.2. The second-order valence-corrected chi connectivity index (χ2v) is 13.4. The van der Waals surface area contributed by atoms with Gasteiger partial charge in [0.15, 0.2) is 0 Å². The second-order valence-electron chi connectivity index (χ2n) is 11.0. The zero-order chi connectivity index (χ0) is 31.1. The summed E-state index contributed by atoms with van der Waals surface area (Å²) in [7, 11) is -2.71. The van der Waals surface area contributed by atoms with Crippen molar-refractivity contribution in [2.45, 2.75) is 81.3 Å². The molecule has 42 heavy (non-hydrogen) atoms. The smallest absolute Gasteiger partial charge is 0.434 e. The molecule has 0 radical (unpaired) electrons. The molecule has 1 amide bonds. The Labute approximate surface area is 237 Å². The number of hydrogen-bond acceptors (Lipinski definition) is 6. The van der Waals surface area contributed by atoms with Gasteiger partial charge in [0.2, 0.25) is 0 Å². The first kappa shape index (κ1) is 32.8. The molecule has 0 unspecified atom stereocenters. The Morgan fingerprint density at radius 2 is 1.52 bits per heavy atom. The number of amides is 1. The molecule has 3 fully saturated rings. The Balaban J connectivity index is 1.44. The minimum atomic E-state index is -5.83. The fraction of sp³-hybridized carbons (Fsp3) is 0.720. The average Bonchev–Trinajstić information content (AvgIpc) is 3.23. The van der Waals surface area contributed by atoms with Crippen molar-refractivity contribution < 1.29 is 62.9 Å². The van der Waals surface area contributed by atoms with E-state index in [4.69, 9.17) is 4.74 Å². The maximum atomic E-state index is 13.7. The molecule has 240 valence electrons. The van der Waals surface area contributed by atoms with Crippen molar-refractivity contribution in [2.24, 2.45) is 0 Å². The highest BCUT2D eigenvalue weighted by molar-refractivity contribution is 8.24. The molecule has 3 aliphatic heterocycles. The van der Waals surface area contributed by atoms with E-state index in [0.717, 1.165) is 17.0 Å². The van der Waals surface area contributed by atoms with E-state index in [1.807, 2.05) is 4.90 Å². The summed E-state index contributed by atoms with van der Waals surface area (Å²) in [4.78, 5) is 14.9. The minimum absolute atomic E-state index is 0.0158. The van der Waals surface area contributed by atoms with Gasteiger partial charge < -0.3 is 14.4 Å². The molecular formula is C25H31F9N2O5S. The van der Waals surface area contributed by atoms with E-state index >= 15 is 0 Å². The largest absolute Gasteiger partial charge is 0.490 e. The van der Waals surface area contributed by atoms with Crippen LogP contribution in [0.25, 0.3) is 0 Å². The van der Waals surface area contributed by atoms with Crippen LogP contribution in [0.2, 0.25) is 0 Å². The topological polar surface area (TPSA) is 82.5 Å². The number of benzene rings is 1. The molecule has 4 rings (SSSR count). The Bertz CT molecular complexity index is 1100. The first-order chi connectivity index (χ1) is 19.3. The van der Waals surface area contributed by atoms with Crippen LogP contribution in [-0.2, 0) is 17.5 Å². The van der Waals surface area contributed by atoms with Gasteiger partial charge in [0.25, 0.3) is 6.10 Å². The van der Waals surface area contributed by atoms with Gasteiger partial charge in [-0.3, -0.25) is 14.0 Å². The van der Waals surface area contributed by atoms with Gasteiger partial charge in [-0.25, -0.2) is 4.79 Å². The van der Waals surface area contributed by atoms with Crippen LogP contribution in [0.5, 0.6) is 5.75 Å². The molecule has 2 N–H and O–H groups in total. The SMILES string of the molecule is O=C(OC(C(F)(F)F)C(F)(F)F)N1CCC2(CCCN2Cc2cc(OC3CCS(O)(O)CC3)cc(C(F)(F)F)c2)CC1. The number of likely N-dealkylation sites (tertiary alicyclic amines) is 2. The fourth-order valence-corrected chi connectivity index (χ4v) is 7.29. The number of rotatable bonds is 5. The number of carbonyl (C=O) groups is 1. The number of carbonyl (C=O) groups excluding carboxylic acids is 1. The van der Waals surface area contributed by atoms with E-state index < -0.39 is 58.5 Å². The van der Waals surface area contributed by atoms with Crippen LogP contribution >= 0.6 is 10.6 Å². The summed E-state index contributed by atoms with van der Waals surface area (Å²) in [6.07, 6.45) is -20.7. The van der Waals surface area contributed by atoms with Crippen LogP contribution in [-0.4, -0.2) is 86.2 Å². The lowest BCUT2D eigenvalue weighted by Crippen LogP contribution is -2.54. The van der Waals surface area contributed by atoms with Gasteiger partial charge in [-0.15, -0.1) is 0 Å². The number of piperidine rings is 1. The van der Waals surface area contributed by atoms with Gasteiger partial charge in [0, 0.05) is 49.5 Å². The predicted octanol–water partition coefficient (Wildman–Crippen LogP) is 7.06. The van der Waals surface area contributed by atoms with E-state index in [0.29, 0.717) is 24.9 Å². The third-order valence-electron chi connectivity index (χ3n) is 8.01. The molecule has 0 atom stereocenters. The van der Waals surface area contributed by atoms with Gasteiger partial charge >= 0.3 is 24.6 Å². The summed E-state index contributed by atoms with van der Waals surface area (Å²) in [6, 6.07) is 3.36. The Hall–Kier alpha value is -2.11. The summed E-state index contributed by atoms with van der Waals surface area (Å²) >= 11 is 0. The normalized spacial score (nSPS) is 22.9. The number of halogens is 9. The molecule has 0 bridgehead atoms. The van der Waals surface area contributed by atoms with Crippen LogP contribution in [0, 0.1) is 0 Å². The van der Waals surface area contributed by atoms with Crippen molar-refractivity contribution in [2.75, 3.05) is 31.1 Å². The van der Waals surface area contributed by atoms with Crippen molar-refractivity contribution in [3.8, 4) is 5.75 Å². The molecule has 1 aromatic carbocycles. The molecule has 1 spiro atoms. The third-order valence-corrected chi connectivity index (χ3v) is 9.79. The molecule has 7 nitrogen and oxygen atoms in total. The Morgan fingerprint density at radius 1 is 0.929 bits per heavy atom. The average molecular weight is 643 g/mol. The van der Waals surface area contributed by atoms with Gasteiger partial charge in [-0.1, -0.05) is 0 Å². The lowest BCUT2D eigenvalue weighted by molar-refractivity contribution is -0.308. The van der Waals surface area contributed by atoms with Crippen LogP contribution in [0.15, 0.2) is 18.2 Å². The maximum Gasteiger partial charge on any atom is 0.434 e. The van der Waals surface area contributed by atoms with Crippen LogP contribution in [0.3, 0.4) is 0 Å². The molecule has 1 aromatic rings. The van der Waals surface area contributed by atoms with E-state index in [2.05, 4.69) is 4.74 Å².